The molecule has 0 saturated heterocycles. The van der Waals surface area contributed by atoms with Crippen LogP contribution in [0.3, 0.4) is 0 Å². The molecule has 0 spiro atoms. The molecule has 0 aliphatic heterocycles. The van der Waals surface area contributed by atoms with Gasteiger partial charge in [0.1, 0.15) is 11.6 Å². The molecule has 0 atom stereocenters. The Hall–Kier alpha value is -3.27. The normalized spacial score (nSPS) is 10.5. The minimum absolute atomic E-state index is 0.300. The van der Waals surface area contributed by atoms with Crippen molar-refractivity contribution in [2.75, 3.05) is 18.5 Å². The van der Waals surface area contributed by atoms with E-state index in [1.165, 1.54) is 30.5 Å². The van der Waals surface area contributed by atoms with Crippen LogP contribution in [-0.4, -0.2) is 37.1 Å². The fraction of sp³-hybridized carbons (Fsp3) is 0.200. The standard InChI is InChI=1S/C20H20BrFN4O4/c1-2-9-23-19(28)20(29)26-24-11-13-10-14(21)3-8-17(13)30-12-18(27)25-16-6-4-15(22)5-7-16/h3-8,10-11H,2,9,12H2,1H3,(H,23,28)(H,25,27)(H,26,29)/b24-11-. The molecule has 158 valence electrons. The zero-order valence-corrected chi connectivity index (χ0v) is 17.7. The Morgan fingerprint density at radius 3 is 2.57 bits per heavy atom. The molecule has 8 nitrogen and oxygen atoms in total. The Morgan fingerprint density at radius 2 is 1.87 bits per heavy atom. The minimum atomic E-state index is -0.893. The number of benzene rings is 2. The Balaban J connectivity index is 1.95. The van der Waals surface area contributed by atoms with E-state index in [-0.39, 0.29) is 6.61 Å². The Kier molecular flexibility index (Phi) is 8.95. The summed E-state index contributed by atoms with van der Waals surface area (Å²) < 4.78 is 19.2. The summed E-state index contributed by atoms with van der Waals surface area (Å²) in [6.45, 7) is 1.95. The second-order valence-corrected chi connectivity index (χ2v) is 6.90. The van der Waals surface area contributed by atoms with E-state index in [9.17, 15) is 18.8 Å². The van der Waals surface area contributed by atoms with Crippen LogP contribution >= 0.6 is 15.9 Å². The number of nitrogens with zero attached hydrogens (tertiary/aromatic N) is 1. The zero-order valence-electron chi connectivity index (χ0n) is 16.1. The number of nitrogens with one attached hydrogen (secondary N) is 3. The van der Waals surface area contributed by atoms with Gasteiger partial charge in [-0.15, -0.1) is 0 Å². The molecule has 10 heteroatoms. The van der Waals surface area contributed by atoms with Crippen LogP contribution in [0.25, 0.3) is 0 Å². The van der Waals surface area contributed by atoms with Crippen molar-refractivity contribution in [3.05, 3.63) is 58.3 Å². The molecular weight excluding hydrogens is 459 g/mol. The molecular formula is C20H20BrFN4O4. The summed E-state index contributed by atoms with van der Waals surface area (Å²) in [5, 5.41) is 8.77. The molecule has 0 fully saturated rings. The highest BCUT2D eigenvalue weighted by molar-refractivity contribution is 9.10. The summed E-state index contributed by atoms with van der Waals surface area (Å²) in [4.78, 5) is 35.2. The average molecular weight is 479 g/mol. The number of hydrogen-bond acceptors (Lipinski definition) is 5. The molecule has 0 bridgehead atoms. The van der Waals surface area contributed by atoms with Gasteiger partial charge in [0.05, 0.1) is 6.21 Å². The molecule has 0 unspecified atom stereocenters. The van der Waals surface area contributed by atoms with E-state index < -0.39 is 23.5 Å². The van der Waals surface area contributed by atoms with Crippen LogP contribution in [0.2, 0.25) is 0 Å². The van der Waals surface area contributed by atoms with Crippen LogP contribution in [0.4, 0.5) is 10.1 Å². The maximum Gasteiger partial charge on any atom is 0.329 e. The number of halogens is 2. The minimum Gasteiger partial charge on any atom is -0.483 e. The molecule has 0 radical (unpaired) electrons. The molecule has 30 heavy (non-hydrogen) atoms. The predicted molar refractivity (Wildman–Crippen MR) is 114 cm³/mol. The van der Waals surface area contributed by atoms with Crippen molar-refractivity contribution in [1.82, 2.24) is 10.7 Å². The number of anilines is 1. The lowest BCUT2D eigenvalue weighted by Gasteiger charge is -2.10. The van der Waals surface area contributed by atoms with E-state index in [2.05, 4.69) is 37.1 Å². The summed E-state index contributed by atoms with van der Waals surface area (Å²) in [5.41, 5.74) is 3.03. The summed E-state index contributed by atoms with van der Waals surface area (Å²) in [6, 6.07) is 10.3. The van der Waals surface area contributed by atoms with Gasteiger partial charge < -0.3 is 15.4 Å². The highest BCUT2D eigenvalue weighted by Crippen LogP contribution is 2.22. The maximum absolute atomic E-state index is 12.9. The third kappa shape index (κ3) is 7.63. The first-order chi connectivity index (χ1) is 14.4. The fourth-order valence-electron chi connectivity index (χ4n) is 2.16. The van der Waals surface area contributed by atoms with Gasteiger partial charge in [-0.3, -0.25) is 14.4 Å². The third-order valence-corrected chi connectivity index (χ3v) is 4.06. The van der Waals surface area contributed by atoms with Crippen molar-refractivity contribution in [3.63, 3.8) is 0 Å². The first kappa shape index (κ1) is 23.0. The Morgan fingerprint density at radius 1 is 1.13 bits per heavy atom. The van der Waals surface area contributed by atoms with Crippen LogP contribution < -0.4 is 20.8 Å². The van der Waals surface area contributed by atoms with E-state index in [0.29, 0.717) is 30.0 Å². The van der Waals surface area contributed by atoms with Gasteiger partial charge in [-0.2, -0.15) is 5.10 Å². The van der Waals surface area contributed by atoms with Gasteiger partial charge in [0, 0.05) is 22.3 Å². The first-order valence-corrected chi connectivity index (χ1v) is 9.77. The highest BCUT2D eigenvalue weighted by Gasteiger charge is 2.11. The topological polar surface area (TPSA) is 109 Å². The Labute approximate surface area is 181 Å². The molecule has 2 aromatic carbocycles. The Bertz CT molecular complexity index is 935. The van der Waals surface area contributed by atoms with Crippen molar-refractivity contribution >= 4 is 45.6 Å². The van der Waals surface area contributed by atoms with Gasteiger partial charge in [-0.25, -0.2) is 9.82 Å². The molecule has 2 rings (SSSR count). The molecule has 0 aliphatic rings. The van der Waals surface area contributed by atoms with Crippen molar-refractivity contribution in [1.29, 1.82) is 0 Å². The van der Waals surface area contributed by atoms with E-state index in [4.69, 9.17) is 4.74 Å². The van der Waals surface area contributed by atoms with Crippen LogP contribution in [0.1, 0.15) is 18.9 Å². The van der Waals surface area contributed by atoms with Crippen molar-refractivity contribution in [2.45, 2.75) is 13.3 Å². The lowest BCUT2D eigenvalue weighted by Crippen LogP contribution is -2.38. The second-order valence-electron chi connectivity index (χ2n) is 5.98. The van der Waals surface area contributed by atoms with Crippen molar-refractivity contribution in [3.8, 4) is 5.75 Å². The zero-order chi connectivity index (χ0) is 21.9. The number of amides is 3. The van der Waals surface area contributed by atoms with E-state index >= 15 is 0 Å². The van der Waals surface area contributed by atoms with Gasteiger partial charge >= 0.3 is 11.8 Å². The van der Waals surface area contributed by atoms with Crippen LogP contribution in [0, 0.1) is 5.82 Å². The number of carbonyl (C=O) groups excluding carboxylic acids is 3. The first-order valence-electron chi connectivity index (χ1n) is 8.98. The molecule has 3 amide bonds. The fourth-order valence-corrected chi connectivity index (χ4v) is 2.53. The summed E-state index contributed by atoms with van der Waals surface area (Å²) >= 11 is 3.32. The van der Waals surface area contributed by atoms with Gasteiger partial charge in [0.25, 0.3) is 5.91 Å². The van der Waals surface area contributed by atoms with Gasteiger partial charge in [0.2, 0.25) is 0 Å². The number of hydrazone groups is 1. The largest absolute Gasteiger partial charge is 0.483 e. The molecule has 0 aliphatic carbocycles. The number of ether oxygens (including phenoxy) is 1. The monoisotopic (exact) mass is 478 g/mol. The van der Waals surface area contributed by atoms with Gasteiger partial charge in [-0.05, 0) is 48.9 Å². The lowest BCUT2D eigenvalue weighted by atomic mass is 10.2. The third-order valence-electron chi connectivity index (χ3n) is 3.57. The quantitative estimate of drug-likeness (QED) is 0.307. The SMILES string of the molecule is CCCNC(=O)C(=O)N/N=C\c1cc(Br)ccc1OCC(=O)Nc1ccc(F)cc1. The van der Waals surface area contributed by atoms with Crippen molar-refractivity contribution < 1.29 is 23.5 Å². The van der Waals surface area contributed by atoms with Crippen LogP contribution in [0.5, 0.6) is 5.75 Å². The van der Waals surface area contributed by atoms with E-state index in [0.717, 1.165) is 4.47 Å². The van der Waals surface area contributed by atoms with Crippen LogP contribution in [0.15, 0.2) is 52.0 Å². The smallest absolute Gasteiger partial charge is 0.329 e. The molecule has 0 heterocycles. The molecule has 0 aromatic heterocycles. The average Bonchev–Trinajstić information content (AvgIpc) is 2.73. The van der Waals surface area contributed by atoms with E-state index in [1.54, 1.807) is 18.2 Å². The number of rotatable bonds is 8. The van der Waals surface area contributed by atoms with Gasteiger partial charge in [-0.1, -0.05) is 22.9 Å². The lowest BCUT2D eigenvalue weighted by molar-refractivity contribution is -0.139. The predicted octanol–water partition coefficient (Wildman–Crippen LogP) is 2.58. The molecule has 0 saturated carbocycles. The summed E-state index contributed by atoms with van der Waals surface area (Å²) in [5.74, 6) is -2.18. The number of carbonyl (C=O) groups is 3. The number of hydrogen-bond donors (Lipinski definition) is 3. The van der Waals surface area contributed by atoms with Gasteiger partial charge in [0.15, 0.2) is 6.61 Å². The summed E-state index contributed by atoms with van der Waals surface area (Å²) in [6.07, 6.45) is 2.00. The maximum atomic E-state index is 12.9. The highest BCUT2D eigenvalue weighted by atomic mass is 79.9. The van der Waals surface area contributed by atoms with Crippen molar-refractivity contribution in [2.24, 2.45) is 5.10 Å². The molecule has 3 N–H and O–H groups in total. The summed E-state index contributed by atoms with van der Waals surface area (Å²) in [7, 11) is 0. The van der Waals surface area contributed by atoms with E-state index in [1.807, 2.05) is 6.92 Å². The second kappa shape index (κ2) is 11.7. The molecule has 2 aromatic rings. The van der Waals surface area contributed by atoms with Crippen LogP contribution in [-0.2, 0) is 14.4 Å².